The Morgan fingerprint density at radius 3 is 2.27 bits per heavy atom. The summed E-state index contributed by atoms with van der Waals surface area (Å²) in [5.74, 6) is 0. The molecule has 0 aliphatic rings. The maximum Gasteiger partial charge on any atom is 0.0992 e. The predicted molar refractivity (Wildman–Crippen MR) is 51.8 cm³/mol. The monoisotopic (exact) mass is 193 g/mol. The van der Waals surface area contributed by atoms with Gasteiger partial charge in [0.1, 0.15) is 0 Å². The Morgan fingerprint density at radius 2 is 1.80 bits per heavy atom. The topological polar surface area (TPSA) is 65.4 Å². The largest absolute Gasteiger partial charge is 0.240 e. The van der Waals surface area contributed by atoms with E-state index < -0.39 is 0 Å². The third-order valence-electron chi connectivity index (χ3n) is 1.89. The van der Waals surface area contributed by atoms with Gasteiger partial charge in [0.2, 0.25) is 0 Å². The number of aromatic nitrogens is 2. The zero-order valence-corrected chi connectivity index (χ0v) is 7.68. The average Bonchev–Trinajstić information content (AvgIpc) is 2.81. The highest BCUT2D eigenvalue weighted by molar-refractivity contribution is 5.48. The van der Waals surface area contributed by atoms with Crippen molar-refractivity contribution >= 4 is 0 Å². The molecule has 15 heavy (non-hydrogen) atoms. The van der Waals surface area contributed by atoms with Gasteiger partial charge in [-0.3, -0.25) is 0 Å². The predicted octanol–water partition coefficient (Wildman–Crippen LogP) is 1.42. The van der Waals surface area contributed by atoms with Crippen molar-refractivity contribution in [3.63, 3.8) is 0 Å². The van der Waals surface area contributed by atoms with Crippen molar-refractivity contribution in [3.05, 3.63) is 47.8 Å². The molecule has 0 N–H and O–H groups in total. The lowest BCUT2D eigenvalue weighted by Gasteiger charge is -2.01. The third-order valence-corrected chi connectivity index (χ3v) is 1.89. The van der Waals surface area contributed by atoms with Gasteiger partial charge in [-0.05, 0) is 18.2 Å². The van der Waals surface area contributed by atoms with Crippen LogP contribution in [0, 0.1) is 28.7 Å². The minimum Gasteiger partial charge on any atom is -0.240 e. The van der Waals surface area contributed by atoms with Crippen LogP contribution in [-0.2, 0) is 0 Å². The van der Waals surface area contributed by atoms with Gasteiger partial charge < -0.3 is 0 Å². The summed E-state index contributed by atoms with van der Waals surface area (Å²) in [6.07, 6.45) is 3.16. The molecule has 2 rings (SSSR count). The van der Waals surface area contributed by atoms with E-state index in [2.05, 4.69) is 11.2 Å². The van der Waals surface area contributed by atoms with E-state index in [-0.39, 0.29) is 0 Å². The zero-order valence-electron chi connectivity index (χ0n) is 7.68. The normalized spacial score (nSPS) is 9.20. The first-order chi connectivity index (χ1) is 7.33. The molecule has 0 aliphatic carbocycles. The third kappa shape index (κ3) is 1.70. The highest BCUT2D eigenvalue weighted by Gasteiger charge is 2.02. The van der Waals surface area contributed by atoms with E-state index in [0.717, 1.165) is 0 Å². The van der Waals surface area contributed by atoms with E-state index in [1.54, 1.807) is 23.0 Å². The van der Waals surface area contributed by atoms with E-state index in [4.69, 9.17) is 10.5 Å². The first-order valence-electron chi connectivity index (χ1n) is 4.20. The molecule has 4 nitrogen and oxygen atoms in total. The minimum absolute atomic E-state index is 0.444. The maximum absolute atomic E-state index is 8.78. The zero-order chi connectivity index (χ0) is 10.7. The summed E-state index contributed by atoms with van der Waals surface area (Å²) in [4.78, 5) is 0. The summed E-state index contributed by atoms with van der Waals surface area (Å²) in [6, 6.07) is 11.7. The molecule has 1 aromatic heterocycles. The van der Waals surface area contributed by atoms with Gasteiger partial charge in [0, 0.05) is 12.3 Å². The molecule has 1 aromatic carbocycles. The van der Waals surface area contributed by atoms with Crippen LogP contribution < -0.4 is 0 Å². The van der Waals surface area contributed by atoms with E-state index >= 15 is 0 Å². The fourth-order valence-electron chi connectivity index (χ4n) is 1.25. The minimum atomic E-state index is 0.444. The van der Waals surface area contributed by atoms with E-state index in [1.165, 1.54) is 12.3 Å². The Labute approximate surface area is 86.6 Å². The summed E-state index contributed by atoms with van der Waals surface area (Å²) in [7, 11) is 0. The SMILES string of the molecule is N#Cc1cc(C#N)cc(-n2c[c]cn2)c1. The second-order valence-electron chi connectivity index (χ2n) is 2.88. The molecule has 0 atom stereocenters. The Balaban J connectivity index is 2.59. The number of hydrogen-bond donors (Lipinski definition) is 0. The molecule has 0 saturated heterocycles. The summed E-state index contributed by atoms with van der Waals surface area (Å²) in [6.45, 7) is 0. The van der Waals surface area contributed by atoms with Crippen molar-refractivity contribution in [1.29, 1.82) is 10.5 Å². The van der Waals surface area contributed by atoms with Gasteiger partial charge in [0.25, 0.3) is 0 Å². The summed E-state index contributed by atoms with van der Waals surface area (Å²) in [5.41, 5.74) is 1.57. The second-order valence-corrected chi connectivity index (χ2v) is 2.88. The Hall–Kier alpha value is -2.59. The lowest BCUT2D eigenvalue weighted by molar-refractivity contribution is 0.879. The van der Waals surface area contributed by atoms with Crippen LogP contribution in [0.15, 0.2) is 30.6 Å². The number of rotatable bonds is 1. The van der Waals surface area contributed by atoms with Crippen LogP contribution in [0.5, 0.6) is 0 Å². The molecular weight excluding hydrogens is 188 g/mol. The van der Waals surface area contributed by atoms with Crippen molar-refractivity contribution in [1.82, 2.24) is 9.78 Å². The molecule has 2 aromatic rings. The van der Waals surface area contributed by atoms with Crippen molar-refractivity contribution in [2.75, 3.05) is 0 Å². The number of benzene rings is 1. The fraction of sp³-hybridized carbons (Fsp3) is 0. The van der Waals surface area contributed by atoms with Crippen LogP contribution in [0.25, 0.3) is 5.69 Å². The van der Waals surface area contributed by atoms with Crippen molar-refractivity contribution in [2.24, 2.45) is 0 Å². The van der Waals surface area contributed by atoms with E-state index in [0.29, 0.717) is 16.8 Å². The average molecular weight is 193 g/mol. The van der Waals surface area contributed by atoms with Gasteiger partial charge in [-0.25, -0.2) is 4.68 Å². The van der Waals surface area contributed by atoms with Gasteiger partial charge in [0.15, 0.2) is 0 Å². The second kappa shape index (κ2) is 3.65. The molecule has 1 heterocycles. The molecule has 0 aliphatic heterocycles. The lowest BCUT2D eigenvalue weighted by Crippen LogP contribution is -1.95. The standard InChI is InChI=1S/C11H5N4/c12-7-9-4-10(8-13)6-11(5-9)15-3-1-2-14-15/h2-6H. The molecule has 0 amide bonds. The summed E-state index contributed by atoms with van der Waals surface area (Å²) < 4.78 is 1.56. The molecule has 0 unspecified atom stereocenters. The van der Waals surface area contributed by atoms with Gasteiger partial charge in [-0.1, -0.05) is 0 Å². The fourth-order valence-corrected chi connectivity index (χ4v) is 1.25. The van der Waals surface area contributed by atoms with Gasteiger partial charge in [0.05, 0.1) is 35.1 Å². The van der Waals surface area contributed by atoms with Crippen LogP contribution in [0.1, 0.15) is 11.1 Å². The smallest absolute Gasteiger partial charge is 0.0992 e. The van der Waals surface area contributed by atoms with E-state index in [1.807, 2.05) is 12.1 Å². The van der Waals surface area contributed by atoms with Crippen molar-refractivity contribution < 1.29 is 0 Å². The quantitative estimate of drug-likeness (QED) is 0.687. The number of nitriles is 2. The molecule has 0 fully saturated rings. The highest BCUT2D eigenvalue weighted by atomic mass is 15.3. The summed E-state index contributed by atoms with van der Waals surface area (Å²) >= 11 is 0. The Kier molecular flexibility index (Phi) is 2.19. The van der Waals surface area contributed by atoms with Crippen LogP contribution in [0.3, 0.4) is 0 Å². The maximum atomic E-state index is 8.78. The molecule has 4 heteroatoms. The van der Waals surface area contributed by atoms with Crippen LogP contribution >= 0.6 is 0 Å². The van der Waals surface area contributed by atoms with Crippen LogP contribution in [-0.4, -0.2) is 9.78 Å². The number of hydrogen-bond acceptors (Lipinski definition) is 3. The lowest BCUT2D eigenvalue weighted by atomic mass is 10.1. The van der Waals surface area contributed by atoms with Gasteiger partial charge in [-0.15, -0.1) is 0 Å². The first kappa shape index (κ1) is 8.98. The molecule has 0 saturated carbocycles. The first-order valence-corrected chi connectivity index (χ1v) is 4.20. The number of nitrogens with zero attached hydrogens (tertiary/aromatic N) is 4. The van der Waals surface area contributed by atoms with Crippen molar-refractivity contribution in [3.8, 4) is 17.8 Å². The Morgan fingerprint density at radius 1 is 1.13 bits per heavy atom. The highest BCUT2D eigenvalue weighted by Crippen LogP contribution is 2.12. The van der Waals surface area contributed by atoms with Gasteiger partial charge >= 0.3 is 0 Å². The summed E-state index contributed by atoms with van der Waals surface area (Å²) in [5, 5.41) is 21.5. The molecule has 69 valence electrons. The van der Waals surface area contributed by atoms with Crippen molar-refractivity contribution in [2.45, 2.75) is 0 Å². The van der Waals surface area contributed by atoms with Gasteiger partial charge in [-0.2, -0.15) is 15.6 Å². The molecule has 0 bridgehead atoms. The molecular formula is C11H5N4. The van der Waals surface area contributed by atoms with Crippen LogP contribution in [0.4, 0.5) is 0 Å². The van der Waals surface area contributed by atoms with Crippen LogP contribution in [0.2, 0.25) is 0 Å². The Bertz CT molecular complexity index is 523. The molecule has 0 spiro atoms. The van der Waals surface area contributed by atoms with E-state index in [9.17, 15) is 0 Å². The molecule has 1 radical (unpaired) electrons.